The Morgan fingerprint density at radius 3 is 2.67 bits per heavy atom. The molecule has 1 amide bonds. The molecule has 5 nitrogen and oxygen atoms in total. The lowest BCUT2D eigenvalue weighted by atomic mass is 9.99. The highest BCUT2D eigenvalue weighted by molar-refractivity contribution is 5.88. The number of carbonyl (C=O) groups is 1. The summed E-state index contributed by atoms with van der Waals surface area (Å²) in [7, 11) is 1.63. The van der Waals surface area contributed by atoms with Crippen molar-refractivity contribution in [3.8, 4) is 0 Å². The van der Waals surface area contributed by atoms with E-state index in [-0.39, 0.29) is 17.9 Å². The molecule has 1 aliphatic rings. The van der Waals surface area contributed by atoms with Gasteiger partial charge in [0.05, 0.1) is 17.5 Å². The molecule has 0 bridgehead atoms. The van der Waals surface area contributed by atoms with Gasteiger partial charge in [0, 0.05) is 25.0 Å². The molecule has 2 aromatic rings. The molecule has 110 valence electrons. The number of rotatable bonds is 3. The van der Waals surface area contributed by atoms with Crippen molar-refractivity contribution in [2.75, 3.05) is 6.54 Å². The zero-order valence-corrected chi connectivity index (χ0v) is 12.4. The lowest BCUT2D eigenvalue weighted by Gasteiger charge is -2.40. The smallest absolute Gasteiger partial charge is 0.274 e. The zero-order valence-electron chi connectivity index (χ0n) is 12.4. The SMILES string of the molecule is CCC1CCN1C(=O)Cc1nn(C)c(=O)c2ccccc12. The summed E-state index contributed by atoms with van der Waals surface area (Å²) < 4.78 is 1.32. The molecule has 1 unspecified atom stereocenters. The number of nitrogens with zero attached hydrogens (tertiary/aromatic N) is 3. The summed E-state index contributed by atoms with van der Waals surface area (Å²) in [6.07, 6.45) is 2.34. The molecule has 3 rings (SSSR count). The van der Waals surface area contributed by atoms with Crippen LogP contribution in [-0.4, -0.2) is 33.2 Å². The Balaban J connectivity index is 1.96. The van der Waals surface area contributed by atoms with Crippen LogP contribution in [0.25, 0.3) is 10.8 Å². The first-order valence-corrected chi connectivity index (χ1v) is 7.36. The number of aromatic nitrogens is 2. The average molecular weight is 285 g/mol. The highest BCUT2D eigenvalue weighted by atomic mass is 16.2. The predicted octanol–water partition coefficient (Wildman–Crippen LogP) is 1.49. The van der Waals surface area contributed by atoms with E-state index in [4.69, 9.17) is 0 Å². The maximum Gasteiger partial charge on any atom is 0.274 e. The summed E-state index contributed by atoms with van der Waals surface area (Å²) in [6.45, 7) is 2.94. The van der Waals surface area contributed by atoms with E-state index in [2.05, 4.69) is 12.0 Å². The van der Waals surface area contributed by atoms with E-state index >= 15 is 0 Å². The molecule has 1 aliphatic heterocycles. The molecule has 1 aromatic carbocycles. The Bertz CT molecular complexity index is 749. The van der Waals surface area contributed by atoms with E-state index in [9.17, 15) is 9.59 Å². The fourth-order valence-electron chi connectivity index (χ4n) is 2.94. The van der Waals surface area contributed by atoms with Gasteiger partial charge < -0.3 is 4.90 Å². The maximum absolute atomic E-state index is 12.4. The molecule has 0 spiro atoms. The largest absolute Gasteiger partial charge is 0.339 e. The molecule has 1 fully saturated rings. The fraction of sp³-hybridized carbons (Fsp3) is 0.438. The second-order valence-corrected chi connectivity index (χ2v) is 5.54. The van der Waals surface area contributed by atoms with Crippen molar-refractivity contribution in [1.82, 2.24) is 14.7 Å². The standard InChI is InChI=1S/C16H19N3O2/c1-3-11-8-9-19(11)15(20)10-14-12-6-4-5-7-13(12)16(21)18(2)17-14/h4-7,11H,3,8-10H2,1-2H3. The average Bonchev–Trinajstić information content (AvgIpc) is 2.44. The first-order valence-electron chi connectivity index (χ1n) is 7.36. The van der Waals surface area contributed by atoms with E-state index in [1.54, 1.807) is 13.1 Å². The summed E-state index contributed by atoms with van der Waals surface area (Å²) in [5.41, 5.74) is 0.552. The van der Waals surface area contributed by atoms with Gasteiger partial charge in [0.2, 0.25) is 5.91 Å². The van der Waals surface area contributed by atoms with Crippen molar-refractivity contribution in [1.29, 1.82) is 0 Å². The van der Waals surface area contributed by atoms with Crippen molar-refractivity contribution in [3.05, 3.63) is 40.3 Å². The van der Waals surface area contributed by atoms with Crippen LogP contribution in [0, 0.1) is 0 Å². The van der Waals surface area contributed by atoms with Gasteiger partial charge in [0.25, 0.3) is 5.56 Å². The molecule has 0 aliphatic carbocycles. The van der Waals surface area contributed by atoms with Gasteiger partial charge in [-0.1, -0.05) is 25.1 Å². The minimum atomic E-state index is -0.128. The Hall–Kier alpha value is -2.17. The first-order chi connectivity index (χ1) is 10.1. The van der Waals surface area contributed by atoms with Crippen molar-refractivity contribution >= 4 is 16.7 Å². The van der Waals surface area contributed by atoms with Crippen molar-refractivity contribution in [2.45, 2.75) is 32.2 Å². The number of benzene rings is 1. The molecular formula is C16H19N3O2. The van der Waals surface area contributed by atoms with Crippen LogP contribution in [0.5, 0.6) is 0 Å². The van der Waals surface area contributed by atoms with Gasteiger partial charge in [-0.25, -0.2) is 4.68 Å². The van der Waals surface area contributed by atoms with E-state index in [0.717, 1.165) is 24.8 Å². The second-order valence-electron chi connectivity index (χ2n) is 5.54. The van der Waals surface area contributed by atoms with Crippen LogP contribution in [0.15, 0.2) is 29.1 Å². The van der Waals surface area contributed by atoms with Gasteiger partial charge in [0.1, 0.15) is 0 Å². The molecular weight excluding hydrogens is 266 g/mol. The van der Waals surface area contributed by atoms with Crippen molar-refractivity contribution in [2.24, 2.45) is 7.05 Å². The van der Waals surface area contributed by atoms with Crippen molar-refractivity contribution < 1.29 is 4.79 Å². The van der Waals surface area contributed by atoms with Crippen LogP contribution in [0.3, 0.4) is 0 Å². The number of likely N-dealkylation sites (tertiary alicyclic amines) is 1. The minimum absolute atomic E-state index is 0.101. The molecule has 21 heavy (non-hydrogen) atoms. The predicted molar refractivity (Wildman–Crippen MR) is 81.1 cm³/mol. The molecule has 1 atom stereocenters. The third-order valence-electron chi connectivity index (χ3n) is 4.29. The van der Waals surface area contributed by atoms with E-state index < -0.39 is 0 Å². The molecule has 1 aromatic heterocycles. The van der Waals surface area contributed by atoms with E-state index in [0.29, 0.717) is 17.1 Å². The van der Waals surface area contributed by atoms with Crippen LogP contribution < -0.4 is 5.56 Å². The lowest BCUT2D eigenvalue weighted by molar-refractivity contribution is -0.138. The number of hydrogen-bond donors (Lipinski definition) is 0. The number of fused-ring (bicyclic) bond motifs is 1. The number of hydrogen-bond acceptors (Lipinski definition) is 3. The third kappa shape index (κ3) is 2.33. The molecule has 0 saturated carbocycles. The highest BCUT2D eigenvalue weighted by Gasteiger charge is 2.30. The monoisotopic (exact) mass is 285 g/mol. The normalized spacial score (nSPS) is 17.8. The van der Waals surface area contributed by atoms with E-state index in [1.807, 2.05) is 23.1 Å². The minimum Gasteiger partial charge on any atom is -0.339 e. The Morgan fingerprint density at radius 2 is 2.05 bits per heavy atom. The van der Waals surface area contributed by atoms with Crippen LogP contribution in [0.1, 0.15) is 25.5 Å². The Kier molecular flexibility index (Phi) is 3.49. The van der Waals surface area contributed by atoms with Gasteiger partial charge in [-0.05, 0) is 18.9 Å². The Morgan fingerprint density at radius 1 is 1.33 bits per heavy atom. The molecule has 5 heteroatoms. The van der Waals surface area contributed by atoms with Crippen LogP contribution in [0.2, 0.25) is 0 Å². The summed E-state index contributed by atoms with van der Waals surface area (Å²) in [4.78, 5) is 26.4. The first kappa shape index (κ1) is 13.8. The molecule has 0 radical (unpaired) electrons. The fourth-order valence-corrected chi connectivity index (χ4v) is 2.94. The summed E-state index contributed by atoms with van der Waals surface area (Å²) in [5.74, 6) is 0.101. The maximum atomic E-state index is 12.4. The Labute approximate surface area is 123 Å². The molecule has 2 heterocycles. The van der Waals surface area contributed by atoms with Gasteiger partial charge in [-0.3, -0.25) is 9.59 Å². The zero-order chi connectivity index (χ0) is 15.0. The summed E-state index contributed by atoms with van der Waals surface area (Å²) in [5, 5.41) is 5.69. The van der Waals surface area contributed by atoms with E-state index in [1.165, 1.54) is 4.68 Å². The van der Waals surface area contributed by atoms with Gasteiger partial charge in [0.15, 0.2) is 0 Å². The third-order valence-corrected chi connectivity index (χ3v) is 4.29. The van der Waals surface area contributed by atoms with Crippen molar-refractivity contribution in [3.63, 3.8) is 0 Å². The number of carbonyl (C=O) groups excluding carboxylic acids is 1. The number of amides is 1. The summed E-state index contributed by atoms with van der Waals surface area (Å²) in [6, 6.07) is 7.72. The van der Waals surface area contributed by atoms with Gasteiger partial charge in [-0.2, -0.15) is 5.10 Å². The van der Waals surface area contributed by atoms with Crippen LogP contribution >= 0.6 is 0 Å². The quantitative estimate of drug-likeness (QED) is 0.858. The topological polar surface area (TPSA) is 55.2 Å². The second kappa shape index (κ2) is 5.31. The van der Waals surface area contributed by atoms with Crippen LogP contribution in [-0.2, 0) is 18.3 Å². The molecule has 0 N–H and O–H groups in total. The summed E-state index contributed by atoms with van der Waals surface area (Å²) >= 11 is 0. The van der Waals surface area contributed by atoms with Gasteiger partial charge >= 0.3 is 0 Å². The van der Waals surface area contributed by atoms with Gasteiger partial charge in [-0.15, -0.1) is 0 Å². The lowest BCUT2D eigenvalue weighted by Crippen LogP contribution is -2.51. The molecule has 1 saturated heterocycles. The number of aryl methyl sites for hydroxylation is 1. The highest BCUT2D eigenvalue weighted by Crippen LogP contribution is 2.22. The van der Waals surface area contributed by atoms with Crippen LogP contribution in [0.4, 0.5) is 0 Å².